The van der Waals surface area contributed by atoms with Gasteiger partial charge in [-0.3, -0.25) is 0 Å². The van der Waals surface area contributed by atoms with Gasteiger partial charge in [-0.25, -0.2) is 17.7 Å². The van der Waals surface area contributed by atoms with Crippen LogP contribution in [0.5, 0.6) is 5.75 Å². The Bertz CT molecular complexity index is 996. The number of rotatable bonds is 7. The lowest BCUT2D eigenvalue weighted by Crippen LogP contribution is -2.22. The van der Waals surface area contributed by atoms with Crippen molar-refractivity contribution in [3.63, 3.8) is 0 Å². The average Bonchev–Trinajstić information content (AvgIpc) is 3.04. The van der Waals surface area contributed by atoms with E-state index >= 15 is 0 Å². The van der Waals surface area contributed by atoms with Crippen LogP contribution in [0.2, 0.25) is 0 Å². The van der Waals surface area contributed by atoms with Crippen molar-refractivity contribution in [1.82, 2.24) is 9.29 Å². The second-order valence-electron chi connectivity index (χ2n) is 5.84. The maximum atomic E-state index is 12.2. The number of methoxy groups -OCH3 is 1. The van der Waals surface area contributed by atoms with Crippen LogP contribution in [-0.4, -0.2) is 44.7 Å². The van der Waals surface area contributed by atoms with Gasteiger partial charge in [-0.2, -0.15) is 0 Å². The summed E-state index contributed by atoms with van der Waals surface area (Å²) < 4.78 is 36.4. The van der Waals surface area contributed by atoms with Crippen LogP contribution < -0.4 is 4.74 Å². The fraction of sp³-hybridized carbons (Fsp3) is 0.278. The number of ether oxygens (including phenoxy) is 1. The largest absolute Gasteiger partial charge is 0.497 e. The maximum absolute atomic E-state index is 12.2. The highest BCUT2D eigenvalue weighted by Crippen LogP contribution is 2.26. The zero-order valence-electron chi connectivity index (χ0n) is 14.8. The molecule has 6 nitrogen and oxygen atoms in total. The smallest absolute Gasteiger partial charge is 0.256 e. The topological polar surface area (TPSA) is 72.6 Å². The van der Waals surface area contributed by atoms with Crippen LogP contribution in [0.1, 0.15) is 5.56 Å². The van der Waals surface area contributed by atoms with Gasteiger partial charge in [0, 0.05) is 19.8 Å². The Morgan fingerprint density at radius 1 is 1.15 bits per heavy atom. The van der Waals surface area contributed by atoms with E-state index < -0.39 is 10.0 Å². The number of sulfonamides is 1. The van der Waals surface area contributed by atoms with E-state index in [0.29, 0.717) is 16.3 Å². The molecule has 0 aliphatic heterocycles. The number of hydrogen-bond donors (Lipinski definition) is 0. The molecule has 2 aromatic carbocycles. The molecular weight excluding hydrogens is 372 g/mol. The third-order valence-corrected chi connectivity index (χ3v) is 6.53. The van der Waals surface area contributed by atoms with Crippen molar-refractivity contribution in [2.75, 3.05) is 27.0 Å². The molecule has 1 heterocycles. The molecule has 0 fully saturated rings. The molecule has 0 aliphatic carbocycles. The average molecular weight is 393 g/mol. The summed E-state index contributed by atoms with van der Waals surface area (Å²) in [4.78, 5) is 4.60. The quantitative estimate of drug-likeness (QED) is 0.574. The van der Waals surface area contributed by atoms with Crippen molar-refractivity contribution >= 4 is 32.9 Å². The first-order chi connectivity index (χ1) is 12.4. The van der Waals surface area contributed by atoms with E-state index in [2.05, 4.69) is 4.98 Å². The molecule has 0 unspecified atom stereocenters. The number of oxazole rings is 1. The molecule has 0 amide bonds. The Kier molecular flexibility index (Phi) is 5.55. The molecule has 0 aliphatic rings. The van der Waals surface area contributed by atoms with Crippen LogP contribution in [0.15, 0.2) is 57.0 Å². The first-order valence-electron chi connectivity index (χ1n) is 7.99. The van der Waals surface area contributed by atoms with Crippen LogP contribution >= 0.6 is 11.8 Å². The Hall–Kier alpha value is -2.03. The zero-order valence-corrected chi connectivity index (χ0v) is 16.4. The molecule has 8 heteroatoms. The number of aromatic nitrogens is 1. The Labute approximate surface area is 157 Å². The third-order valence-electron chi connectivity index (χ3n) is 3.89. The summed E-state index contributed by atoms with van der Waals surface area (Å²) in [6.45, 7) is 0. The van der Waals surface area contributed by atoms with E-state index in [1.807, 2.05) is 24.3 Å². The van der Waals surface area contributed by atoms with Crippen molar-refractivity contribution in [2.45, 2.75) is 16.5 Å². The number of nitrogens with zero attached hydrogens (tertiary/aromatic N) is 2. The second-order valence-corrected chi connectivity index (χ2v) is 9.04. The van der Waals surface area contributed by atoms with Gasteiger partial charge in [0.25, 0.3) is 5.22 Å². The van der Waals surface area contributed by atoms with E-state index in [1.54, 1.807) is 19.2 Å². The fourth-order valence-corrected chi connectivity index (χ4v) is 4.11. The molecule has 0 N–H and O–H groups in total. The van der Waals surface area contributed by atoms with Gasteiger partial charge in [0.1, 0.15) is 11.3 Å². The van der Waals surface area contributed by atoms with Gasteiger partial charge < -0.3 is 9.15 Å². The first kappa shape index (κ1) is 18.8. The highest BCUT2D eigenvalue weighted by Gasteiger charge is 2.18. The van der Waals surface area contributed by atoms with Crippen molar-refractivity contribution in [2.24, 2.45) is 0 Å². The Balaban J connectivity index is 1.69. The van der Waals surface area contributed by atoms with Crippen molar-refractivity contribution in [1.29, 1.82) is 0 Å². The first-order valence-corrected chi connectivity index (χ1v) is 10.4. The molecule has 3 aromatic rings. The highest BCUT2D eigenvalue weighted by atomic mass is 32.2. The molecule has 0 atom stereocenters. The highest BCUT2D eigenvalue weighted by molar-refractivity contribution is 7.99. The minimum Gasteiger partial charge on any atom is -0.497 e. The van der Waals surface area contributed by atoms with E-state index in [9.17, 15) is 8.42 Å². The van der Waals surface area contributed by atoms with Crippen molar-refractivity contribution in [3.05, 3.63) is 48.0 Å². The third kappa shape index (κ3) is 4.03. The zero-order chi connectivity index (χ0) is 18.7. The van der Waals surface area contributed by atoms with E-state index in [4.69, 9.17) is 9.15 Å². The molecule has 0 saturated carbocycles. The number of hydrogen-bond acceptors (Lipinski definition) is 6. The number of aryl methyl sites for hydroxylation is 1. The lowest BCUT2D eigenvalue weighted by molar-refractivity contribution is 0.414. The summed E-state index contributed by atoms with van der Waals surface area (Å²) in [6.07, 6.45) is 0.869. The van der Waals surface area contributed by atoms with E-state index in [1.165, 1.54) is 41.8 Å². The Morgan fingerprint density at radius 2 is 1.88 bits per heavy atom. The summed E-state index contributed by atoms with van der Waals surface area (Å²) in [7, 11) is 1.17. The number of thioether (sulfide) groups is 1. The minimum atomic E-state index is -3.48. The van der Waals surface area contributed by atoms with Crippen LogP contribution in [0.25, 0.3) is 11.1 Å². The van der Waals surface area contributed by atoms with Crippen LogP contribution in [0, 0.1) is 0 Å². The second kappa shape index (κ2) is 7.69. The molecule has 0 radical (unpaired) electrons. The van der Waals surface area contributed by atoms with Crippen LogP contribution in [-0.2, 0) is 16.4 Å². The summed E-state index contributed by atoms with van der Waals surface area (Å²) in [6, 6.07) is 12.7. The predicted molar refractivity (Wildman–Crippen MR) is 102 cm³/mol. The van der Waals surface area contributed by atoms with Gasteiger partial charge in [-0.15, -0.1) is 0 Å². The molecule has 3 rings (SSSR count). The molecule has 26 heavy (non-hydrogen) atoms. The SMILES string of the molecule is COc1ccc(CCSc2nc3cc(S(=O)(=O)N(C)C)ccc3o2)cc1. The minimum absolute atomic E-state index is 0.207. The number of benzene rings is 2. The van der Waals surface area contributed by atoms with Gasteiger partial charge in [0.15, 0.2) is 5.58 Å². The van der Waals surface area contributed by atoms with Gasteiger partial charge in [0.2, 0.25) is 10.0 Å². The van der Waals surface area contributed by atoms with E-state index in [0.717, 1.165) is 17.9 Å². The van der Waals surface area contributed by atoms with Gasteiger partial charge in [0.05, 0.1) is 12.0 Å². The molecule has 0 spiro atoms. The molecule has 0 bridgehead atoms. The number of fused-ring (bicyclic) bond motifs is 1. The standard InChI is InChI=1S/C18H20N2O4S2/c1-20(2)26(21,22)15-8-9-17-16(12-15)19-18(24-17)25-11-10-13-4-6-14(23-3)7-5-13/h4-9,12H,10-11H2,1-3H3. The van der Waals surface area contributed by atoms with Gasteiger partial charge in [-0.1, -0.05) is 23.9 Å². The van der Waals surface area contributed by atoms with Gasteiger partial charge in [-0.05, 0) is 42.3 Å². The molecule has 1 aromatic heterocycles. The normalized spacial score (nSPS) is 12.0. The molecule has 138 valence electrons. The molecular formula is C18H20N2O4S2. The summed E-state index contributed by atoms with van der Waals surface area (Å²) in [5.74, 6) is 1.64. The lowest BCUT2D eigenvalue weighted by atomic mass is 10.2. The van der Waals surface area contributed by atoms with Gasteiger partial charge >= 0.3 is 0 Å². The Morgan fingerprint density at radius 3 is 2.54 bits per heavy atom. The predicted octanol–water partition coefficient (Wildman–Crippen LogP) is 3.42. The van der Waals surface area contributed by atoms with Crippen molar-refractivity contribution < 1.29 is 17.6 Å². The van der Waals surface area contributed by atoms with Crippen LogP contribution in [0.4, 0.5) is 0 Å². The fourth-order valence-electron chi connectivity index (χ4n) is 2.37. The molecule has 0 saturated heterocycles. The summed E-state index contributed by atoms with van der Waals surface area (Å²) in [5, 5.41) is 0.535. The summed E-state index contributed by atoms with van der Waals surface area (Å²) in [5.41, 5.74) is 2.32. The van der Waals surface area contributed by atoms with E-state index in [-0.39, 0.29) is 4.90 Å². The lowest BCUT2D eigenvalue weighted by Gasteiger charge is -2.10. The summed E-state index contributed by atoms with van der Waals surface area (Å²) >= 11 is 1.50. The van der Waals surface area contributed by atoms with Crippen molar-refractivity contribution in [3.8, 4) is 5.75 Å². The maximum Gasteiger partial charge on any atom is 0.256 e. The van der Waals surface area contributed by atoms with Crippen LogP contribution in [0.3, 0.4) is 0 Å². The monoisotopic (exact) mass is 392 g/mol.